The van der Waals surface area contributed by atoms with Crippen LogP contribution in [0.1, 0.15) is 90.2 Å². The maximum atomic E-state index is 14.6. The lowest BCUT2D eigenvalue weighted by atomic mass is 9.76. The first-order valence-electron chi connectivity index (χ1n) is 17.6. The highest BCUT2D eigenvalue weighted by Crippen LogP contribution is 2.55. The van der Waals surface area contributed by atoms with E-state index in [9.17, 15) is 36.7 Å². The third kappa shape index (κ3) is 4.91. The number of ether oxygens (including phenoxy) is 2. The van der Waals surface area contributed by atoms with Gasteiger partial charge >= 0.3 is 0 Å². The number of allylic oxidation sites excluding steroid dienone is 8. The zero-order valence-electron chi connectivity index (χ0n) is 29.9. The molecule has 0 radical (unpaired) electrons. The molecule has 4 aliphatic carbocycles. The van der Waals surface area contributed by atoms with Gasteiger partial charge in [-0.15, -0.1) is 22.7 Å². The fraction of sp³-hybridized carbons (Fsp3) is 0.182. The molecular weight excluding hydrogens is 765 g/mol. The largest absolute Gasteiger partial charge is 0.483 e. The summed E-state index contributed by atoms with van der Waals surface area (Å²) in [5.74, 6) is -6.66. The number of fused-ring (bicyclic) bond motifs is 9. The van der Waals surface area contributed by atoms with Crippen LogP contribution in [-0.2, 0) is 30.3 Å². The average Bonchev–Trinajstić information content (AvgIpc) is 3.86. The summed E-state index contributed by atoms with van der Waals surface area (Å²) >= 11 is 2.78. The zero-order chi connectivity index (χ0) is 39.3. The van der Waals surface area contributed by atoms with Crippen LogP contribution in [-0.4, -0.2) is 23.1 Å². The van der Waals surface area contributed by atoms with E-state index in [2.05, 4.69) is 24.3 Å². The second-order valence-electron chi connectivity index (χ2n) is 15.4. The number of hydrogen-bond donors (Lipinski definition) is 0. The van der Waals surface area contributed by atoms with E-state index in [1.54, 1.807) is 0 Å². The maximum Gasteiger partial charge on any atom is 0.237 e. The van der Waals surface area contributed by atoms with Crippen LogP contribution in [0.25, 0.3) is 34.4 Å². The van der Waals surface area contributed by atoms with Gasteiger partial charge in [-0.1, -0.05) is 12.2 Å². The van der Waals surface area contributed by atoms with Crippen LogP contribution in [0.2, 0.25) is 0 Å². The Morgan fingerprint density at radius 2 is 0.946 bits per heavy atom. The van der Waals surface area contributed by atoms with Crippen molar-refractivity contribution in [2.45, 2.75) is 38.9 Å². The summed E-state index contributed by atoms with van der Waals surface area (Å²) in [5.41, 5.74) is 0.704. The second-order valence-corrected chi connectivity index (χ2v) is 17.6. The van der Waals surface area contributed by atoms with Crippen LogP contribution in [0.15, 0.2) is 72.2 Å². The van der Waals surface area contributed by atoms with Crippen LogP contribution < -0.4 is 0 Å². The summed E-state index contributed by atoms with van der Waals surface area (Å²) in [6.45, 7) is 7.71. The molecule has 2 aromatic carbocycles. The molecule has 0 amide bonds. The van der Waals surface area contributed by atoms with E-state index in [0.717, 1.165) is 44.2 Å². The molecule has 12 heteroatoms. The summed E-state index contributed by atoms with van der Waals surface area (Å²) in [6, 6.07) is 6.95. The molecule has 0 saturated carbocycles. The van der Waals surface area contributed by atoms with Gasteiger partial charge in [0.05, 0.1) is 11.1 Å². The van der Waals surface area contributed by atoms with E-state index in [1.807, 2.05) is 39.8 Å². The molecule has 2 atom stereocenters. The Labute approximate surface area is 324 Å². The number of Topliss-reactive ketones (excluding diaryl/α,β-unsaturated/α-hetero) is 4. The highest BCUT2D eigenvalue weighted by atomic mass is 32.1. The molecule has 4 heterocycles. The predicted octanol–water partition coefficient (Wildman–Crippen LogP) is 10.0. The quantitative estimate of drug-likeness (QED) is 0.114. The maximum absolute atomic E-state index is 14.6. The van der Waals surface area contributed by atoms with Crippen molar-refractivity contribution in [1.29, 1.82) is 0 Å². The molecular formula is C44H26F4O6S2. The first kappa shape index (κ1) is 34.7. The number of ketones is 4. The average molecular weight is 791 g/mol. The van der Waals surface area contributed by atoms with Gasteiger partial charge in [-0.3, -0.25) is 19.2 Å². The first-order chi connectivity index (χ1) is 26.5. The summed E-state index contributed by atoms with van der Waals surface area (Å²) in [6.07, 6.45) is 11.4. The Hall–Kier alpha value is -5.72. The van der Waals surface area contributed by atoms with Crippen LogP contribution in [0.5, 0.6) is 0 Å². The molecule has 0 saturated heterocycles. The van der Waals surface area contributed by atoms with Gasteiger partial charge < -0.3 is 9.47 Å². The molecule has 0 fully saturated rings. The number of thiophene rings is 2. The molecule has 6 aliphatic rings. The number of benzene rings is 2. The summed E-state index contributed by atoms with van der Waals surface area (Å²) < 4.78 is 70.7. The normalized spacial score (nSPS) is 23.5. The smallest absolute Gasteiger partial charge is 0.237 e. The van der Waals surface area contributed by atoms with Crippen molar-refractivity contribution in [3.05, 3.63) is 148 Å². The molecule has 56 heavy (non-hydrogen) atoms. The van der Waals surface area contributed by atoms with E-state index in [0.29, 0.717) is 33.4 Å². The monoisotopic (exact) mass is 790 g/mol. The molecule has 0 spiro atoms. The van der Waals surface area contributed by atoms with Gasteiger partial charge in [0.25, 0.3) is 0 Å². The van der Waals surface area contributed by atoms with E-state index in [-0.39, 0.29) is 34.1 Å². The van der Waals surface area contributed by atoms with Crippen LogP contribution >= 0.6 is 22.7 Å². The fourth-order valence-electron chi connectivity index (χ4n) is 8.41. The summed E-state index contributed by atoms with van der Waals surface area (Å²) in [5, 5.41) is 0. The standard InChI is InChI=1S/C44H26F4O6S2/c1-43(2)29-15-21(13-25-23-9-19(45)11-31(47)35(23)39(51)37(25)49)55-41(29)27-5-18-8-34-28(6-17(18)7-33(27)53-43)42-30(44(3,4)54-34)16-22(56-42)14-26-24-10-20(46)12-32(48)36(24)40(52)38(26)50/h5-18H,1-4H3/b25-13-,26-14-. The minimum absolute atomic E-state index is 0.0656. The Bertz CT molecular complexity index is 2650. The molecule has 0 bridgehead atoms. The lowest BCUT2D eigenvalue weighted by Crippen LogP contribution is -2.31. The highest BCUT2D eigenvalue weighted by Gasteiger charge is 2.44. The zero-order valence-corrected chi connectivity index (χ0v) is 31.5. The lowest BCUT2D eigenvalue weighted by molar-refractivity contribution is -0.110. The highest BCUT2D eigenvalue weighted by molar-refractivity contribution is 7.14. The molecule has 2 aliphatic heterocycles. The van der Waals surface area contributed by atoms with Crippen molar-refractivity contribution >= 4 is 80.3 Å². The molecule has 2 aromatic heterocycles. The Morgan fingerprint density at radius 3 is 1.34 bits per heavy atom. The van der Waals surface area contributed by atoms with Gasteiger partial charge in [-0.2, -0.15) is 0 Å². The second kappa shape index (κ2) is 11.4. The minimum atomic E-state index is -1.07. The molecule has 4 aromatic rings. The van der Waals surface area contributed by atoms with Crippen LogP contribution in [0.4, 0.5) is 17.6 Å². The third-order valence-corrected chi connectivity index (χ3v) is 13.3. The van der Waals surface area contributed by atoms with Crippen molar-refractivity contribution < 1.29 is 46.2 Å². The predicted molar refractivity (Wildman–Crippen MR) is 203 cm³/mol. The Kier molecular flexibility index (Phi) is 7.09. The van der Waals surface area contributed by atoms with Crippen LogP contribution in [0, 0.1) is 35.1 Å². The van der Waals surface area contributed by atoms with Crippen molar-refractivity contribution in [1.82, 2.24) is 0 Å². The van der Waals surface area contributed by atoms with Crippen molar-refractivity contribution in [3.8, 4) is 0 Å². The SMILES string of the molecule is CC1(C)OC2=CC3C=C4C(=CC3C=C2c2sc(/C=C3\C(=O)C(=O)c5c(F)cc(F)cc53)cc21)OC(C)(C)c1cc(/C=C2\C(=O)C(=O)c3c(F)cc(F)cc32)sc14. The summed E-state index contributed by atoms with van der Waals surface area (Å²) in [7, 11) is 0. The topological polar surface area (TPSA) is 86.7 Å². The van der Waals surface area contributed by atoms with Crippen LogP contribution in [0.3, 0.4) is 0 Å². The van der Waals surface area contributed by atoms with E-state index in [4.69, 9.17) is 9.47 Å². The molecule has 6 nitrogen and oxygen atoms in total. The van der Waals surface area contributed by atoms with E-state index in [1.165, 1.54) is 34.8 Å². The molecule has 278 valence electrons. The Balaban J connectivity index is 1.02. The number of halogens is 4. The molecule has 2 unspecified atom stereocenters. The van der Waals surface area contributed by atoms with E-state index >= 15 is 0 Å². The Morgan fingerprint density at radius 1 is 0.554 bits per heavy atom. The lowest BCUT2D eigenvalue weighted by Gasteiger charge is -2.40. The minimum Gasteiger partial charge on any atom is -0.483 e. The summed E-state index contributed by atoms with van der Waals surface area (Å²) in [4.78, 5) is 54.3. The molecule has 0 N–H and O–H groups in total. The van der Waals surface area contributed by atoms with E-state index < -0.39 is 68.7 Å². The number of hydrogen-bond acceptors (Lipinski definition) is 8. The van der Waals surface area contributed by atoms with Gasteiger partial charge in [-0.05, 0) is 76.3 Å². The van der Waals surface area contributed by atoms with Crippen molar-refractivity contribution in [2.24, 2.45) is 11.8 Å². The van der Waals surface area contributed by atoms with Gasteiger partial charge in [0, 0.05) is 88.0 Å². The van der Waals surface area contributed by atoms with Crippen molar-refractivity contribution in [2.75, 3.05) is 0 Å². The third-order valence-electron chi connectivity index (χ3n) is 11.0. The number of carbonyl (C=O) groups excluding carboxylic acids is 4. The van der Waals surface area contributed by atoms with Gasteiger partial charge in [0.2, 0.25) is 23.1 Å². The number of carbonyl (C=O) groups is 4. The van der Waals surface area contributed by atoms with Gasteiger partial charge in [0.1, 0.15) is 46.0 Å². The van der Waals surface area contributed by atoms with Gasteiger partial charge in [0.15, 0.2) is 0 Å². The fourth-order valence-corrected chi connectivity index (χ4v) is 11.0. The van der Waals surface area contributed by atoms with Crippen molar-refractivity contribution in [3.63, 3.8) is 0 Å². The van der Waals surface area contributed by atoms with Gasteiger partial charge in [-0.25, -0.2) is 17.6 Å². The first-order valence-corrected chi connectivity index (χ1v) is 19.3. The number of rotatable bonds is 2. The molecule has 10 rings (SSSR count).